The minimum atomic E-state index is -0.615. The Hall–Kier alpha value is -3.69. The lowest BCUT2D eigenvalue weighted by Gasteiger charge is -2.09. The number of aryl methyl sites for hydroxylation is 1. The van der Waals surface area contributed by atoms with Gasteiger partial charge in [0.05, 0.1) is 23.4 Å². The summed E-state index contributed by atoms with van der Waals surface area (Å²) in [4.78, 5) is 22.7. The molecule has 1 aromatic carbocycles. The number of nitro groups is 1. The van der Waals surface area contributed by atoms with Gasteiger partial charge in [0.25, 0.3) is 5.69 Å². The number of hydrogen-bond acceptors (Lipinski definition) is 8. The molecule has 10 nitrogen and oxygen atoms in total. The van der Waals surface area contributed by atoms with Gasteiger partial charge < -0.3 is 14.0 Å². The van der Waals surface area contributed by atoms with E-state index >= 15 is 0 Å². The lowest BCUT2D eigenvalue weighted by Crippen LogP contribution is -2.09. The maximum atomic E-state index is 12.3. The molecule has 0 radical (unpaired) electrons. The predicted molar refractivity (Wildman–Crippen MR) is 104 cm³/mol. The van der Waals surface area contributed by atoms with E-state index in [0.29, 0.717) is 11.4 Å². The zero-order chi connectivity index (χ0) is 21.1. The number of non-ortho nitro benzene ring substituents is 1. The van der Waals surface area contributed by atoms with Gasteiger partial charge in [0.15, 0.2) is 5.75 Å². The first kappa shape index (κ1) is 19.6. The molecule has 0 fully saturated rings. The van der Waals surface area contributed by atoms with Crippen molar-refractivity contribution in [2.45, 2.75) is 39.2 Å². The second kappa shape index (κ2) is 8.36. The van der Waals surface area contributed by atoms with Gasteiger partial charge in [-0.3, -0.25) is 10.1 Å². The Labute approximate surface area is 171 Å². The zero-order valence-electron chi connectivity index (χ0n) is 16.4. The molecule has 0 atom stereocenters. The Morgan fingerprint density at radius 3 is 2.77 bits per heavy atom. The molecule has 0 saturated carbocycles. The second-order valence-corrected chi connectivity index (χ2v) is 6.81. The third-order valence-corrected chi connectivity index (χ3v) is 4.87. The summed E-state index contributed by atoms with van der Waals surface area (Å²) < 4.78 is 17.8. The van der Waals surface area contributed by atoms with E-state index in [1.54, 1.807) is 13.1 Å². The van der Waals surface area contributed by atoms with Crippen molar-refractivity contribution in [1.29, 1.82) is 0 Å². The highest BCUT2D eigenvalue weighted by Gasteiger charge is 2.23. The molecule has 3 aromatic rings. The van der Waals surface area contributed by atoms with Crippen LogP contribution in [0, 0.1) is 10.1 Å². The van der Waals surface area contributed by atoms with Crippen molar-refractivity contribution in [3.05, 3.63) is 63.3 Å². The molecule has 30 heavy (non-hydrogen) atoms. The van der Waals surface area contributed by atoms with E-state index in [1.807, 2.05) is 0 Å². The minimum Gasteiger partial charge on any atom is -0.483 e. The first-order valence-corrected chi connectivity index (χ1v) is 9.67. The van der Waals surface area contributed by atoms with E-state index < -0.39 is 10.9 Å². The molecule has 2 heterocycles. The summed E-state index contributed by atoms with van der Waals surface area (Å²) in [6.45, 7) is 2.03. The van der Waals surface area contributed by atoms with Crippen LogP contribution in [-0.2, 0) is 24.2 Å². The molecule has 0 spiro atoms. The average Bonchev–Trinajstić information content (AvgIpc) is 3.37. The van der Waals surface area contributed by atoms with Gasteiger partial charge in [-0.15, -0.1) is 0 Å². The monoisotopic (exact) mass is 412 g/mol. The number of hydrogen-bond donors (Lipinski definition) is 0. The van der Waals surface area contributed by atoms with Crippen molar-refractivity contribution in [2.24, 2.45) is 0 Å². The molecule has 0 amide bonds. The summed E-state index contributed by atoms with van der Waals surface area (Å²) in [7, 11) is 0. The molecular formula is C20H20N4O6. The topological polar surface area (TPSA) is 123 Å². The van der Waals surface area contributed by atoms with Crippen LogP contribution in [0.5, 0.6) is 5.75 Å². The molecule has 0 unspecified atom stereocenters. The van der Waals surface area contributed by atoms with E-state index in [1.165, 1.54) is 28.9 Å². The lowest BCUT2D eigenvalue weighted by atomic mass is 9.97. The van der Waals surface area contributed by atoms with Gasteiger partial charge >= 0.3 is 5.97 Å². The van der Waals surface area contributed by atoms with Gasteiger partial charge in [0.2, 0.25) is 5.69 Å². The fourth-order valence-corrected chi connectivity index (χ4v) is 3.37. The van der Waals surface area contributed by atoms with Gasteiger partial charge in [-0.1, -0.05) is 5.16 Å². The minimum absolute atomic E-state index is 0.0209. The Morgan fingerprint density at radius 2 is 2.03 bits per heavy atom. The van der Waals surface area contributed by atoms with Crippen LogP contribution in [0.25, 0.3) is 5.69 Å². The smallest absolute Gasteiger partial charge is 0.362 e. The van der Waals surface area contributed by atoms with Crippen LogP contribution in [0.4, 0.5) is 5.69 Å². The Bertz CT molecular complexity index is 1070. The average molecular weight is 412 g/mol. The van der Waals surface area contributed by atoms with Crippen LogP contribution in [-0.4, -0.2) is 32.4 Å². The van der Waals surface area contributed by atoms with Gasteiger partial charge in [-0.25, -0.2) is 9.48 Å². The van der Waals surface area contributed by atoms with E-state index in [9.17, 15) is 14.9 Å². The van der Waals surface area contributed by atoms with Crippen molar-refractivity contribution >= 4 is 11.7 Å². The summed E-state index contributed by atoms with van der Waals surface area (Å²) in [6.07, 6.45) is 5.46. The Kier molecular flexibility index (Phi) is 5.46. The van der Waals surface area contributed by atoms with Crippen molar-refractivity contribution < 1.29 is 23.7 Å². The van der Waals surface area contributed by atoms with Crippen molar-refractivity contribution in [1.82, 2.24) is 14.9 Å². The fraction of sp³-hybridized carbons (Fsp3) is 0.350. The van der Waals surface area contributed by atoms with E-state index in [2.05, 4.69) is 10.3 Å². The highest BCUT2D eigenvalue weighted by atomic mass is 16.6. The van der Waals surface area contributed by atoms with Crippen LogP contribution in [0.15, 0.2) is 35.0 Å². The Balaban J connectivity index is 1.60. The third kappa shape index (κ3) is 3.88. The molecule has 0 N–H and O–H groups in total. The lowest BCUT2D eigenvalue weighted by molar-refractivity contribution is -0.384. The second-order valence-electron chi connectivity index (χ2n) is 6.81. The normalized spacial score (nSPS) is 13.0. The molecular weight excluding hydrogens is 392 g/mol. The van der Waals surface area contributed by atoms with Crippen LogP contribution in [0.2, 0.25) is 0 Å². The Morgan fingerprint density at radius 1 is 1.27 bits per heavy atom. The number of aromatic nitrogens is 3. The standard InChI is InChI=1S/C20H20N4O6/c1-2-28-20(25)19-18(29-12-16-15-5-3-4-6-17(15)30-22-16)11-23(21-19)13-7-9-14(10-8-13)24(26)27/h7-11H,2-6,12H2,1H3. The third-order valence-electron chi connectivity index (χ3n) is 4.87. The SMILES string of the molecule is CCOC(=O)c1nn(-c2ccc([N+](=O)[O-])cc2)cc1OCc1noc2c1CCCC2. The largest absolute Gasteiger partial charge is 0.483 e. The van der Waals surface area contributed by atoms with E-state index in [4.69, 9.17) is 14.0 Å². The number of carbonyl (C=O) groups is 1. The molecule has 10 heteroatoms. The number of nitro benzene ring substituents is 1. The number of fused-ring (bicyclic) bond motifs is 1. The summed E-state index contributed by atoms with van der Waals surface area (Å²) in [5, 5.41) is 19.2. The zero-order valence-corrected chi connectivity index (χ0v) is 16.4. The van der Waals surface area contributed by atoms with Gasteiger partial charge in [0.1, 0.15) is 18.1 Å². The number of carbonyl (C=O) groups excluding carboxylic acids is 1. The van der Waals surface area contributed by atoms with E-state index in [0.717, 1.165) is 37.0 Å². The van der Waals surface area contributed by atoms with Gasteiger partial charge in [-0.2, -0.15) is 5.10 Å². The number of rotatable bonds is 7. The highest BCUT2D eigenvalue weighted by Crippen LogP contribution is 2.27. The molecule has 1 aliphatic carbocycles. The van der Waals surface area contributed by atoms with Crippen molar-refractivity contribution in [3.8, 4) is 11.4 Å². The first-order valence-electron chi connectivity index (χ1n) is 9.67. The van der Waals surface area contributed by atoms with Gasteiger partial charge in [-0.05, 0) is 38.3 Å². The van der Waals surface area contributed by atoms with Crippen molar-refractivity contribution in [3.63, 3.8) is 0 Å². The number of esters is 1. The van der Waals surface area contributed by atoms with Gasteiger partial charge in [0, 0.05) is 24.1 Å². The molecule has 1 aliphatic rings. The molecule has 4 rings (SSSR count). The van der Waals surface area contributed by atoms with Crippen LogP contribution in [0.1, 0.15) is 47.3 Å². The predicted octanol–water partition coefficient (Wildman–Crippen LogP) is 3.40. The summed E-state index contributed by atoms with van der Waals surface area (Å²) >= 11 is 0. The maximum Gasteiger partial charge on any atom is 0.362 e. The number of benzene rings is 1. The van der Waals surface area contributed by atoms with Crippen LogP contribution < -0.4 is 4.74 Å². The molecule has 0 aliphatic heterocycles. The molecule has 156 valence electrons. The highest BCUT2D eigenvalue weighted by molar-refractivity contribution is 5.90. The first-order chi connectivity index (χ1) is 14.6. The molecule has 0 bridgehead atoms. The van der Waals surface area contributed by atoms with Crippen LogP contribution >= 0.6 is 0 Å². The fourth-order valence-electron chi connectivity index (χ4n) is 3.37. The summed E-state index contributed by atoms with van der Waals surface area (Å²) in [6, 6.07) is 5.81. The summed E-state index contributed by atoms with van der Waals surface area (Å²) in [5.41, 5.74) is 2.31. The van der Waals surface area contributed by atoms with E-state index in [-0.39, 0.29) is 30.3 Å². The molecule has 0 saturated heterocycles. The maximum absolute atomic E-state index is 12.3. The number of ether oxygens (including phenoxy) is 2. The quantitative estimate of drug-likeness (QED) is 0.329. The number of nitrogens with zero attached hydrogens (tertiary/aromatic N) is 4. The molecule has 2 aromatic heterocycles. The van der Waals surface area contributed by atoms with Crippen molar-refractivity contribution in [2.75, 3.05) is 6.61 Å². The summed E-state index contributed by atoms with van der Waals surface area (Å²) in [5.74, 6) is 0.516. The van der Waals surface area contributed by atoms with Crippen LogP contribution in [0.3, 0.4) is 0 Å².